The first-order valence-corrected chi connectivity index (χ1v) is 8.18. The maximum absolute atomic E-state index is 14.9. The number of alkyl halides is 2. The van der Waals surface area contributed by atoms with E-state index in [9.17, 15) is 8.78 Å². The molecule has 2 heterocycles. The van der Waals surface area contributed by atoms with E-state index in [4.69, 9.17) is 11.6 Å². The van der Waals surface area contributed by atoms with Crippen molar-refractivity contribution in [1.29, 1.82) is 0 Å². The van der Waals surface area contributed by atoms with Gasteiger partial charge in [-0.1, -0.05) is 35.9 Å². The molecule has 0 saturated carbocycles. The summed E-state index contributed by atoms with van der Waals surface area (Å²) in [5.41, 5.74) is 0.186. The molecular weight excluding hydrogens is 344 g/mol. The summed E-state index contributed by atoms with van der Waals surface area (Å²) in [4.78, 5) is 4.34. The van der Waals surface area contributed by atoms with Crippen molar-refractivity contribution in [3.63, 3.8) is 0 Å². The monoisotopic (exact) mass is 357 g/mol. The van der Waals surface area contributed by atoms with Crippen molar-refractivity contribution in [3.8, 4) is 0 Å². The molecule has 3 nitrogen and oxygen atoms in total. The lowest BCUT2D eigenvalue weighted by atomic mass is 9.82. The third-order valence-corrected chi connectivity index (χ3v) is 4.71. The predicted molar refractivity (Wildman–Crippen MR) is 94.6 cm³/mol. The summed E-state index contributed by atoms with van der Waals surface area (Å²) >= 11 is 5.97. The fourth-order valence-corrected chi connectivity index (χ4v) is 3.19. The molecule has 25 heavy (non-hydrogen) atoms. The Hall–Kier alpha value is -2.40. The number of hydrogen-bond acceptors (Lipinski definition) is 3. The largest absolute Gasteiger partial charge is 0.298 e. The number of halogens is 3. The summed E-state index contributed by atoms with van der Waals surface area (Å²) in [6, 6.07) is 13.8. The van der Waals surface area contributed by atoms with Crippen molar-refractivity contribution in [2.24, 2.45) is 4.99 Å². The molecule has 0 bridgehead atoms. The molecule has 2 aromatic carbocycles. The van der Waals surface area contributed by atoms with Gasteiger partial charge in [-0.2, -0.15) is 8.78 Å². The summed E-state index contributed by atoms with van der Waals surface area (Å²) in [5.74, 6) is -3.14. The summed E-state index contributed by atoms with van der Waals surface area (Å²) in [5, 5.41) is 9.53. The van der Waals surface area contributed by atoms with Gasteiger partial charge in [-0.25, -0.2) is 0 Å². The lowest BCUT2D eigenvalue weighted by Gasteiger charge is -2.37. The molecule has 0 amide bonds. The highest BCUT2D eigenvalue weighted by molar-refractivity contribution is 6.31. The number of aliphatic imine (C=N–C) groups is 1. The van der Waals surface area contributed by atoms with E-state index in [0.29, 0.717) is 17.0 Å². The van der Waals surface area contributed by atoms with Crippen LogP contribution in [0.2, 0.25) is 5.02 Å². The maximum Gasteiger partial charge on any atom is 0.298 e. The van der Waals surface area contributed by atoms with Crippen LogP contribution < -0.4 is 0 Å². The molecule has 1 aromatic heterocycles. The van der Waals surface area contributed by atoms with Gasteiger partial charge >= 0.3 is 0 Å². The van der Waals surface area contributed by atoms with E-state index < -0.39 is 11.5 Å². The fourth-order valence-electron chi connectivity index (χ4n) is 3.02. The van der Waals surface area contributed by atoms with Gasteiger partial charge in [0.2, 0.25) is 0 Å². The van der Waals surface area contributed by atoms with Crippen LogP contribution >= 0.6 is 11.6 Å². The molecule has 0 saturated heterocycles. The minimum Gasteiger partial charge on any atom is -0.270 e. The van der Waals surface area contributed by atoms with Gasteiger partial charge in [0.15, 0.2) is 0 Å². The second kappa shape index (κ2) is 5.30. The van der Waals surface area contributed by atoms with E-state index in [1.165, 1.54) is 19.9 Å². The average Bonchev–Trinajstić information content (AvgIpc) is 2.58. The summed E-state index contributed by atoms with van der Waals surface area (Å²) < 4.78 is 29.8. The first-order chi connectivity index (χ1) is 11.8. The predicted octanol–water partition coefficient (Wildman–Crippen LogP) is 5.00. The number of aromatic nitrogens is 2. The fraction of sp³-hybridized carbons (Fsp3) is 0.211. The first-order valence-electron chi connectivity index (χ1n) is 7.80. The Morgan fingerprint density at radius 3 is 2.52 bits per heavy atom. The number of benzene rings is 2. The lowest BCUT2D eigenvalue weighted by Crippen LogP contribution is -2.44. The number of nitrogens with zero attached hydrogens (tertiary/aromatic N) is 3. The Morgan fingerprint density at radius 1 is 0.960 bits per heavy atom. The molecule has 0 unspecified atom stereocenters. The SMILES string of the molecule is CC1(C)N=C(c2cc3ccccc3nn2)c2ccc(Cl)cc2C1(F)F. The van der Waals surface area contributed by atoms with Gasteiger partial charge in [0, 0.05) is 21.5 Å². The van der Waals surface area contributed by atoms with Crippen LogP contribution in [0.5, 0.6) is 0 Å². The Labute approximate surface area is 148 Å². The highest BCUT2D eigenvalue weighted by atomic mass is 35.5. The normalized spacial score (nSPS) is 17.9. The third kappa shape index (κ3) is 2.42. The van der Waals surface area contributed by atoms with E-state index in [2.05, 4.69) is 15.2 Å². The molecule has 6 heteroatoms. The van der Waals surface area contributed by atoms with Crippen LogP contribution in [0.4, 0.5) is 8.78 Å². The van der Waals surface area contributed by atoms with Crippen LogP contribution in [0, 0.1) is 0 Å². The quantitative estimate of drug-likeness (QED) is 0.614. The van der Waals surface area contributed by atoms with Gasteiger partial charge in [-0.3, -0.25) is 4.99 Å². The molecule has 0 spiro atoms. The Balaban J connectivity index is 1.98. The first kappa shape index (κ1) is 16.1. The Bertz CT molecular complexity index is 1030. The Morgan fingerprint density at radius 2 is 1.72 bits per heavy atom. The van der Waals surface area contributed by atoms with Crippen molar-refractivity contribution in [1.82, 2.24) is 10.2 Å². The lowest BCUT2D eigenvalue weighted by molar-refractivity contribution is -0.0682. The van der Waals surface area contributed by atoms with Gasteiger partial charge in [-0.15, -0.1) is 10.2 Å². The van der Waals surface area contributed by atoms with Gasteiger partial charge < -0.3 is 0 Å². The van der Waals surface area contributed by atoms with Gasteiger partial charge in [-0.05, 0) is 38.1 Å². The van der Waals surface area contributed by atoms with E-state index in [1.54, 1.807) is 12.1 Å². The molecule has 0 aliphatic carbocycles. The molecule has 0 atom stereocenters. The molecule has 4 rings (SSSR count). The highest BCUT2D eigenvalue weighted by Crippen LogP contribution is 2.47. The molecule has 1 aliphatic rings. The average molecular weight is 358 g/mol. The van der Waals surface area contributed by atoms with Crippen molar-refractivity contribution < 1.29 is 8.78 Å². The standard InChI is InChI=1S/C19H14ClF2N3/c1-18(2)19(21,22)14-10-12(20)7-8-13(14)17(23-18)16-9-11-5-3-4-6-15(11)24-25-16/h3-10H,1-2H3. The molecule has 0 radical (unpaired) electrons. The van der Waals surface area contributed by atoms with Crippen LogP contribution in [0.1, 0.15) is 30.7 Å². The van der Waals surface area contributed by atoms with Gasteiger partial charge in [0.05, 0.1) is 11.2 Å². The summed E-state index contributed by atoms with van der Waals surface area (Å²) in [7, 11) is 0. The molecule has 0 fully saturated rings. The van der Waals surface area contributed by atoms with Gasteiger partial charge in [0.25, 0.3) is 5.92 Å². The van der Waals surface area contributed by atoms with Crippen molar-refractivity contribution >= 4 is 28.2 Å². The number of hydrogen-bond donors (Lipinski definition) is 0. The molecule has 126 valence electrons. The summed E-state index contributed by atoms with van der Waals surface area (Å²) in [6.07, 6.45) is 0. The van der Waals surface area contributed by atoms with Crippen LogP contribution in [0.15, 0.2) is 53.5 Å². The topological polar surface area (TPSA) is 38.1 Å². The number of fused-ring (bicyclic) bond motifs is 2. The second-order valence-electron chi connectivity index (χ2n) is 6.57. The van der Waals surface area contributed by atoms with Crippen LogP contribution in [-0.4, -0.2) is 21.4 Å². The minimum absolute atomic E-state index is 0.134. The molecule has 1 aliphatic heterocycles. The van der Waals surface area contributed by atoms with Crippen LogP contribution in [0.3, 0.4) is 0 Å². The molecule has 0 N–H and O–H groups in total. The van der Waals surface area contributed by atoms with Crippen molar-refractivity contribution in [2.75, 3.05) is 0 Å². The Kier molecular flexibility index (Phi) is 3.41. The van der Waals surface area contributed by atoms with Crippen LogP contribution in [0.25, 0.3) is 10.9 Å². The maximum atomic E-state index is 14.9. The zero-order valence-electron chi connectivity index (χ0n) is 13.6. The van der Waals surface area contributed by atoms with E-state index in [1.807, 2.05) is 30.3 Å². The highest BCUT2D eigenvalue weighted by Gasteiger charge is 2.53. The van der Waals surface area contributed by atoms with E-state index in [0.717, 1.165) is 10.9 Å². The smallest absolute Gasteiger partial charge is 0.270 e. The van der Waals surface area contributed by atoms with E-state index in [-0.39, 0.29) is 10.6 Å². The van der Waals surface area contributed by atoms with Gasteiger partial charge in [0.1, 0.15) is 11.2 Å². The number of rotatable bonds is 1. The van der Waals surface area contributed by atoms with Crippen molar-refractivity contribution in [3.05, 3.63) is 70.4 Å². The third-order valence-electron chi connectivity index (χ3n) is 4.47. The van der Waals surface area contributed by atoms with Crippen LogP contribution in [-0.2, 0) is 5.92 Å². The zero-order valence-corrected chi connectivity index (χ0v) is 14.4. The summed E-state index contributed by atoms with van der Waals surface area (Å²) in [6.45, 7) is 2.82. The minimum atomic E-state index is -3.14. The van der Waals surface area contributed by atoms with Crippen molar-refractivity contribution in [2.45, 2.75) is 25.3 Å². The molecular formula is C19H14ClF2N3. The zero-order chi connectivity index (χ0) is 17.8. The van der Waals surface area contributed by atoms with E-state index >= 15 is 0 Å². The second-order valence-corrected chi connectivity index (χ2v) is 7.01. The molecule has 3 aromatic rings.